The van der Waals surface area contributed by atoms with Gasteiger partial charge in [0.25, 0.3) is 0 Å². The van der Waals surface area contributed by atoms with E-state index in [2.05, 4.69) is 0 Å². The van der Waals surface area contributed by atoms with E-state index < -0.39 is 17.4 Å². The maximum absolute atomic E-state index is 11.6. The van der Waals surface area contributed by atoms with Crippen LogP contribution in [0, 0.1) is 6.92 Å². The highest BCUT2D eigenvalue weighted by Gasteiger charge is 2.37. The fourth-order valence-corrected chi connectivity index (χ4v) is 1.01. The molecule has 0 radical (unpaired) electrons. The number of esters is 1. The number of aryl methyl sites for hydroxylation is 1. The molecule has 0 aliphatic rings. The van der Waals surface area contributed by atoms with E-state index in [1.165, 1.54) is 25.1 Å². The Balaban J connectivity index is 2.89. The van der Waals surface area contributed by atoms with E-state index >= 15 is 0 Å². The van der Waals surface area contributed by atoms with E-state index in [1.807, 2.05) is 0 Å². The van der Waals surface area contributed by atoms with Gasteiger partial charge in [0.1, 0.15) is 11.5 Å². The van der Waals surface area contributed by atoms with Crippen LogP contribution in [0.3, 0.4) is 0 Å². The Morgan fingerprint density at radius 1 is 1.41 bits per heavy atom. The van der Waals surface area contributed by atoms with E-state index in [0.29, 0.717) is 5.56 Å². The van der Waals surface area contributed by atoms with Gasteiger partial charge in [0.2, 0.25) is 5.91 Å². The van der Waals surface area contributed by atoms with Crippen molar-refractivity contribution in [2.24, 2.45) is 11.5 Å². The molecular formula is C11H14N2O4. The Labute approximate surface area is 98.2 Å². The maximum Gasteiger partial charge on any atom is 0.341 e. The smallest absolute Gasteiger partial charge is 0.341 e. The summed E-state index contributed by atoms with van der Waals surface area (Å²) in [5.41, 5.74) is 9.05. The summed E-state index contributed by atoms with van der Waals surface area (Å²) >= 11 is 0. The lowest BCUT2D eigenvalue weighted by Gasteiger charge is -2.18. The Morgan fingerprint density at radius 2 is 2.00 bits per heavy atom. The number of rotatable bonds is 3. The number of nitrogens with two attached hydrogens (primary N) is 2. The lowest BCUT2D eigenvalue weighted by molar-refractivity contribution is -0.144. The van der Waals surface area contributed by atoms with Crippen molar-refractivity contribution in [3.8, 4) is 11.5 Å². The summed E-state index contributed by atoms with van der Waals surface area (Å²) in [7, 11) is 0. The van der Waals surface area contributed by atoms with Gasteiger partial charge in [-0.05, 0) is 37.6 Å². The Kier molecular flexibility index (Phi) is 3.38. The Morgan fingerprint density at radius 3 is 2.47 bits per heavy atom. The number of carbonyl (C=O) groups excluding carboxylic acids is 2. The molecule has 1 atom stereocenters. The van der Waals surface area contributed by atoms with Crippen LogP contribution in [0.15, 0.2) is 18.2 Å². The molecule has 0 unspecified atom stereocenters. The Hall–Kier alpha value is -2.08. The fourth-order valence-electron chi connectivity index (χ4n) is 1.01. The molecule has 0 saturated heterocycles. The van der Waals surface area contributed by atoms with Crippen molar-refractivity contribution in [3.63, 3.8) is 0 Å². The molecule has 0 aliphatic carbocycles. The molecule has 1 amide bonds. The van der Waals surface area contributed by atoms with Crippen molar-refractivity contribution in [1.82, 2.24) is 0 Å². The third-order valence-corrected chi connectivity index (χ3v) is 2.31. The first-order valence-corrected chi connectivity index (χ1v) is 4.86. The fraction of sp³-hybridized carbons (Fsp3) is 0.273. The van der Waals surface area contributed by atoms with Crippen molar-refractivity contribution in [2.75, 3.05) is 0 Å². The molecule has 0 heterocycles. The second-order valence-electron chi connectivity index (χ2n) is 3.90. The summed E-state index contributed by atoms with van der Waals surface area (Å²) in [6.45, 7) is 2.81. The topological polar surface area (TPSA) is 116 Å². The van der Waals surface area contributed by atoms with E-state index in [-0.39, 0.29) is 11.5 Å². The number of aromatic hydroxyl groups is 1. The number of phenolic OH excluding ortho intramolecular Hbond substituents is 1. The largest absolute Gasteiger partial charge is 0.508 e. The van der Waals surface area contributed by atoms with Crippen molar-refractivity contribution in [1.29, 1.82) is 0 Å². The van der Waals surface area contributed by atoms with Gasteiger partial charge in [-0.25, -0.2) is 4.79 Å². The number of phenols is 1. The molecular weight excluding hydrogens is 224 g/mol. The first kappa shape index (κ1) is 13.0. The number of benzene rings is 1. The van der Waals surface area contributed by atoms with E-state index in [9.17, 15) is 14.7 Å². The van der Waals surface area contributed by atoms with Crippen LogP contribution in [0.1, 0.15) is 12.5 Å². The number of primary amides is 1. The molecule has 0 spiro atoms. The monoisotopic (exact) mass is 238 g/mol. The van der Waals surface area contributed by atoms with E-state index in [1.54, 1.807) is 6.92 Å². The lowest BCUT2D eigenvalue weighted by atomic mass is 10.0. The zero-order chi connectivity index (χ0) is 13.2. The normalized spacial score (nSPS) is 13.8. The summed E-state index contributed by atoms with van der Waals surface area (Å²) in [6, 6.07) is 4.21. The van der Waals surface area contributed by atoms with Gasteiger partial charge in [-0.2, -0.15) is 0 Å². The average Bonchev–Trinajstić information content (AvgIpc) is 2.23. The number of ether oxygens (including phenoxy) is 1. The van der Waals surface area contributed by atoms with Crippen molar-refractivity contribution >= 4 is 11.9 Å². The van der Waals surface area contributed by atoms with Gasteiger partial charge in [-0.15, -0.1) is 0 Å². The standard InChI is InChI=1S/C11H14N2O4/c1-6-5-7(3-4-8(6)14)17-10(16)11(2,13)9(12)15/h3-5,14H,13H2,1-2H3,(H2,12,15)/t11-/m1/s1. The van der Waals surface area contributed by atoms with Crippen LogP contribution in [-0.4, -0.2) is 22.5 Å². The maximum atomic E-state index is 11.6. The average molecular weight is 238 g/mol. The first-order chi connectivity index (χ1) is 7.75. The molecule has 17 heavy (non-hydrogen) atoms. The molecule has 1 aromatic rings. The highest BCUT2D eigenvalue weighted by molar-refractivity contribution is 6.06. The summed E-state index contributed by atoms with van der Waals surface area (Å²) < 4.78 is 4.90. The van der Waals surface area contributed by atoms with Crippen LogP contribution in [0.5, 0.6) is 11.5 Å². The third-order valence-electron chi connectivity index (χ3n) is 2.31. The summed E-state index contributed by atoms with van der Waals surface area (Å²) in [5.74, 6) is -1.66. The van der Waals surface area contributed by atoms with Crippen LogP contribution in [0.25, 0.3) is 0 Å². The molecule has 0 fully saturated rings. The first-order valence-electron chi connectivity index (χ1n) is 4.86. The molecule has 92 valence electrons. The van der Waals surface area contributed by atoms with Crippen molar-refractivity contribution in [2.45, 2.75) is 19.4 Å². The van der Waals surface area contributed by atoms with Gasteiger partial charge >= 0.3 is 5.97 Å². The summed E-state index contributed by atoms with van der Waals surface area (Å²) in [6.07, 6.45) is 0. The van der Waals surface area contributed by atoms with Crippen LogP contribution >= 0.6 is 0 Å². The summed E-state index contributed by atoms with van der Waals surface area (Å²) in [5, 5.41) is 9.29. The minimum atomic E-state index is -1.88. The van der Waals surface area contributed by atoms with Gasteiger partial charge in [0.05, 0.1) is 0 Å². The van der Waals surface area contributed by atoms with E-state index in [4.69, 9.17) is 16.2 Å². The molecule has 0 saturated carbocycles. The zero-order valence-electron chi connectivity index (χ0n) is 9.56. The highest BCUT2D eigenvalue weighted by atomic mass is 16.5. The van der Waals surface area contributed by atoms with Gasteiger partial charge in [0.15, 0.2) is 5.54 Å². The molecule has 6 heteroatoms. The minimum absolute atomic E-state index is 0.0789. The van der Waals surface area contributed by atoms with Gasteiger partial charge in [0, 0.05) is 0 Å². The molecule has 1 aromatic carbocycles. The predicted octanol–water partition coefficient (Wildman–Crippen LogP) is -0.191. The third kappa shape index (κ3) is 2.73. The van der Waals surface area contributed by atoms with E-state index in [0.717, 1.165) is 0 Å². The number of amides is 1. The molecule has 0 aromatic heterocycles. The quantitative estimate of drug-likeness (QED) is 0.383. The summed E-state index contributed by atoms with van der Waals surface area (Å²) in [4.78, 5) is 22.5. The molecule has 0 aliphatic heterocycles. The zero-order valence-corrected chi connectivity index (χ0v) is 9.56. The second kappa shape index (κ2) is 4.42. The van der Waals surface area contributed by atoms with Gasteiger partial charge in [-0.1, -0.05) is 0 Å². The predicted molar refractivity (Wildman–Crippen MR) is 60.3 cm³/mol. The van der Waals surface area contributed by atoms with Crippen LogP contribution in [0.2, 0.25) is 0 Å². The number of carbonyl (C=O) groups is 2. The molecule has 1 rings (SSSR count). The van der Waals surface area contributed by atoms with Crippen LogP contribution in [0.4, 0.5) is 0 Å². The van der Waals surface area contributed by atoms with Crippen molar-refractivity contribution in [3.05, 3.63) is 23.8 Å². The van der Waals surface area contributed by atoms with Crippen LogP contribution < -0.4 is 16.2 Å². The van der Waals surface area contributed by atoms with Gasteiger partial charge in [-0.3, -0.25) is 4.79 Å². The van der Waals surface area contributed by atoms with Crippen molar-refractivity contribution < 1.29 is 19.4 Å². The van der Waals surface area contributed by atoms with Crippen LogP contribution in [-0.2, 0) is 9.59 Å². The number of hydrogen-bond donors (Lipinski definition) is 3. The number of hydrogen-bond acceptors (Lipinski definition) is 5. The SMILES string of the molecule is Cc1cc(OC(=O)[C@](C)(N)C(N)=O)ccc1O. The van der Waals surface area contributed by atoms with Gasteiger partial charge < -0.3 is 21.3 Å². The lowest BCUT2D eigenvalue weighted by Crippen LogP contribution is -2.57. The second-order valence-corrected chi connectivity index (χ2v) is 3.90. The molecule has 6 nitrogen and oxygen atoms in total. The molecule has 0 bridgehead atoms. The molecule has 5 N–H and O–H groups in total. The minimum Gasteiger partial charge on any atom is -0.508 e. The highest BCUT2D eigenvalue weighted by Crippen LogP contribution is 2.22. The Bertz CT molecular complexity index is 469.